The molecule has 4 rings (SSSR count). The zero-order valence-electron chi connectivity index (χ0n) is 23.1. The second-order valence-electron chi connectivity index (χ2n) is 11.8. The van der Waals surface area contributed by atoms with Gasteiger partial charge in [-0.2, -0.15) is 0 Å². The molecule has 3 nitrogen and oxygen atoms in total. The molecule has 2 heterocycles. The van der Waals surface area contributed by atoms with Crippen molar-refractivity contribution in [1.82, 2.24) is 5.32 Å². The molecule has 0 radical (unpaired) electrons. The van der Waals surface area contributed by atoms with Crippen LogP contribution < -0.4 is 5.32 Å². The van der Waals surface area contributed by atoms with Gasteiger partial charge in [0.25, 0.3) is 0 Å². The minimum atomic E-state index is -0.566. The number of ketones is 1. The molecule has 1 aromatic rings. The van der Waals surface area contributed by atoms with Crippen molar-refractivity contribution >= 4 is 11.7 Å². The van der Waals surface area contributed by atoms with Gasteiger partial charge < -0.3 is 5.32 Å². The Hall–Kier alpha value is -2.42. The minimum absolute atomic E-state index is 0.0276. The summed E-state index contributed by atoms with van der Waals surface area (Å²) in [4.78, 5) is 26.9. The van der Waals surface area contributed by atoms with Crippen molar-refractivity contribution in [3.05, 3.63) is 70.3 Å². The first-order chi connectivity index (χ1) is 16.4. The van der Waals surface area contributed by atoms with Crippen LogP contribution in [0.2, 0.25) is 0 Å². The maximum absolute atomic E-state index is 13.6. The van der Waals surface area contributed by atoms with Gasteiger partial charge in [0.15, 0.2) is 0 Å². The molecule has 190 valence electrons. The van der Waals surface area contributed by atoms with Crippen LogP contribution >= 0.6 is 0 Å². The van der Waals surface area contributed by atoms with Gasteiger partial charge in [-0.05, 0) is 67.6 Å². The van der Waals surface area contributed by atoms with Crippen molar-refractivity contribution < 1.29 is 9.59 Å². The highest BCUT2D eigenvalue weighted by Crippen LogP contribution is 2.38. The highest BCUT2D eigenvalue weighted by atomic mass is 16.1. The summed E-state index contributed by atoms with van der Waals surface area (Å²) >= 11 is 0. The van der Waals surface area contributed by atoms with Crippen LogP contribution in [0.5, 0.6) is 0 Å². The van der Waals surface area contributed by atoms with Crippen molar-refractivity contribution in [2.75, 3.05) is 0 Å². The zero-order chi connectivity index (χ0) is 25.9. The molecular formula is C32H45NO2. The van der Waals surface area contributed by atoms with Gasteiger partial charge in [-0.15, -0.1) is 0 Å². The van der Waals surface area contributed by atoms with E-state index in [1.165, 1.54) is 27.8 Å². The van der Waals surface area contributed by atoms with Gasteiger partial charge in [-0.1, -0.05) is 95.2 Å². The number of carbonyl (C=O) groups excluding carboxylic acids is 2. The zero-order valence-corrected chi connectivity index (χ0v) is 23.1. The number of nitrogens with one attached hydrogen (secondary N) is 1. The summed E-state index contributed by atoms with van der Waals surface area (Å²) in [5.41, 5.74) is 5.76. The molecule has 1 N–H and O–H groups in total. The average molecular weight is 476 g/mol. The number of rotatable bonds is 2. The fraction of sp³-hybridized carbons (Fsp3) is 0.562. The van der Waals surface area contributed by atoms with E-state index in [2.05, 4.69) is 82.4 Å². The molecule has 1 aromatic carbocycles. The summed E-state index contributed by atoms with van der Waals surface area (Å²) in [6, 6.07) is 8.84. The van der Waals surface area contributed by atoms with Crippen LogP contribution in [-0.2, 0) is 16.0 Å². The van der Waals surface area contributed by atoms with Crippen LogP contribution in [0, 0.1) is 23.2 Å². The summed E-state index contributed by atoms with van der Waals surface area (Å²) in [6.45, 7) is 16.8. The topological polar surface area (TPSA) is 46.2 Å². The molecule has 0 saturated carbocycles. The number of hydrogen-bond donors (Lipinski definition) is 1. The van der Waals surface area contributed by atoms with Gasteiger partial charge in [-0.25, -0.2) is 0 Å². The molecule has 0 fully saturated rings. The van der Waals surface area contributed by atoms with Crippen LogP contribution in [0.25, 0.3) is 0 Å². The molecule has 0 aromatic heterocycles. The van der Waals surface area contributed by atoms with E-state index in [0.29, 0.717) is 12.3 Å². The number of allylic oxidation sites excluding steroid dienone is 5. The third-order valence-electron chi connectivity index (χ3n) is 8.93. The molecule has 1 aliphatic carbocycles. The Balaban J connectivity index is 1.94. The van der Waals surface area contributed by atoms with Crippen LogP contribution in [0.4, 0.5) is 0 Å². The van der Waals surface area contributed by atoms with E-state index in [4.69, 9.17) is 0 Å². The maximum Gasteiger partial charge on any atom is 0.220 e. The van der Waals surface area contributed by atoms with Crippen molar-refractivity contribution in [3.8, 4) is 0 Å². The molecule has 1 unspecified atom stereocenters. The van der Waals surface area contributed by atoms with Crippen molar-refractivity contribution in [1.29, 1.82) is 0 Å². The van der Waals surface area contributed by atoms with Crippen LogP contribution in [0.1, 0.15) is 91.7 Å². The lowest BCUT2D eigenvalue weighted by molar-refractivity contribution is -0.136. The van der Waals surface area contributed by atoms with E-state index in [1.54, 1.807) is 0 Å². The first-order valence-electron chi connectivity index (χ1n) is 13.4. The van der Waals surface area contributed by atoms with Crippen LogP contribution in [0.15, 0.2) is 59.2 Å². The van der Waals surface area contributed by atoms with Crippen molar-refractivity contribution in [2.24, 2.45) is 23.2 Å². The first kappa shape index (κ1) is 27.2. The molecule has 3 heteroatoms. The van der Waals surface area contributed by atoms with Gasteiger partial charge in [0.2, 0.25) is 5.91 Å². The summed E-state index contributed by atoms with van der Waals surface area (Å²) in [5, 5.41) is 3.32. The number of fused-ring (bicyclic) bond motifs is 13. The van der Waals surface area contributed by atoms with Crippen LogP contribution in [0.3, 0.4) is 0 Å². The van der Waals surface area contributed by atoms with Gasteiger partial charge in [0.05, 0.1) is 6.04 Å². The maximum atomic E-state index is 13.6. The Bertz CT molecular complexity index is 1020. The van der Waals surface area contributed by atoms with Crippen LogP contribution in [-0.4, -0.2) is 17.7 Å². The highest BCUT2D eigenvalue weighted by molar-refractivity contribution is 5.87. The van der Waals surface area contributed by atoms with E-state index in [-0.39, 0.29) is 35.5 Å². The van der Waals surface area contributed by atoms with E-state index < -0.39 is 5.41 Å². The van der Waals surface area contributed by atoms with E-state index in [1.807, 2.05) is 20.8 Å². The average Bonchev–Trinajstić information content (AvgIpc) is 3.23. The molecule has 0 spiro atoms. The predicted molar refractivity (Wildman–Crippen MR) is 146 cm³/mol. The van der Waals surface area contributed by atoms with Crippen molar-refractivity contribution in [2.45, 2.75) is 93.0 Å². The first-order valence-corrected chi connectivity index (χ1v) is 13.4. The van der Waals surface area contributed by atoms with Crippen molar-refractivity contribution in [3.63, 3.8) is 0 Å². The molecule has 2 aliphatic heterocycles. The molecule has 35 heavy (non-hydrogen) atoms. The second-order valence-corrected chi connectivity index (χ2v) is 11.8. The number of amides is 1. The smallest absolute Gasteiger partial charge is 0.220 e. The largest absolute Gasteiger partial charge is 0.350 e. The predicted octanol–water partition coefficient (Wildman–Crippen LogP) is 7.34. The second kappa shape index (κ2) is 11.1. The van der Waals surface area contributed by atoms with E-state index in [0.717, 1.165) is 19.3 Å². The highest BCUT2D eigenvalue weighted by Gasteiger charge is 2.40. The van der Waals surface area contributed by atoms with Gasteiger partial charge in [0.1, 0.15) is 5.78 Å². The lowest BCUT2D eigenvalue weighted by Gasteiger charge is -2.36. The Morgan fingerprint density at radius 1 is 1.03 bits per heavy atom. The summed E-state index contributed by atoms with van der Waals surface area (Å²) in [6.07, 6.45) is 9.79. The number of Topliss-reactive ketones (excluding diaryl/α,β-unsaturated/α-hetero) is 1. The molecule has 1 amide bonds. The number of benzene rings is 1. The third-order valence-corrected chi connectivity index (χ3v) is 8.93. The number of aryl methyl sites for hydroxylation is 1. The summed E-state index contributed by atoms with van der Waals surface area (Å²) < 4.78 is 0. The molecule has 5 atom stereocenters. The SMILES string of the molecule is CC1=CC(C=C(C)C2CCc3ccc(cc3)[C@H](C)[C@H](C)[C@@H](C)C(=O)C(C)(C)[C@@H](C)CC(=O)N2)=CC1. The Labute approximate surface area is 213 Å². The lowest BCUT2D eigenvalue weighted by atomic mass is 9.67. The normalized spacial score (nSPS) is 30.6. The Morgan fingerprint density at radius 2 is 1.69 bits per heavy atom. The monoisotopic (exact) mass is 475 g/mol. The van der Waals surface area contributed by atoms with E-state index >= 15 is 0 Å². The number of hydrogen-bond acceptors (Lipinski definition) is 2. The van der Waals surface area contributed by atoms with Gasteiger partial charge in [-0.3, -0.25) is 9.59 Å². The molecule has 3 aliphatic rings. The third kappa shape index (κ3) is 6.42. The fourth-order valence-electron chi connectivity index (χ4n) is 5.45. The fourth-order valence-corrected chi connectivity index (χ4v) is 5.45. The van der Waals surface area contributed by atoms with Gasteiger partial charge in [0, 0.05) is 17.8 Å². The molecule has 0 saturated heterocycles. The Kier molecular flexibility index (Phi) is 8.62. The molecular weight excluding hydrogens is 430 g/mol. The van der Waals surface area contributed by atoms with E-state index in [9.17, 15) is 9.59 Å². The standard InChI is InChI=1S/C32H45NO2/c1-20-9-10-27(17-20)18-21(2)29-16-13-26-11-14-28(15-12-26)24(5)23(4)25(6)31(35)32(7,8)22(3)19-30(34)33-29/h10-12,14-15,17-18,22-25,29H,9,13,16,19H2,1-8H3,(H,33,34)/t22-,23-,24+,25+,29?/m0/s1. The summed E-state index contributed by atoms with van der Waals surface area (Å²) in [5.74, 6) is 0.677. The lowest BCUT2D eigenvalue weighted by Crippen LogP contribution is -2.42. The summed E-state index contributed by atoms with van der Waals surface area (Å²) in [7, 11) is 0. The quantitative estimate of drug-likeness (QED) is 0.486. The Morgan fingerprint density at radius 3 is 2.29 bits per heavy atom. The van der Waals surface area contributed by atoms with Gasteiger partial charge >= 0.3 is 0 Å². The minimum Gasteiger partial charge on any atom is -0.350 e. The molecule has 2 bridgehead atoms. The number of carbonyl (C=O) groups is 2.